The number of amides is 3. The van der Waals surface area contributed by atoms with Crippen molar-refractivity contribution >= 4 is 35.5 Å². The van der Waals surface area contributed by atoms with Gasteiger partial charge >= 0.3 is 5.97 Å². The van der Waals surface area contributed by atoms with E-state index in [-0.39, 0.29) is 12.3 Å². The van der Waals surface area contributed by atoms with Gasteiger partial charge in [-0.2, -0.15) is 11.8 Å². The van der Waals surface area contributed by atoms with Crippen molar-refractivity contribution in [1.29, 1.82) is 0 Å². The second-order valence-corrected chi connectivity index (χ2v) is 8.51. The van der Waals surface area contributed by atoms with Crippen molar-refractivity contribution in [2.24, 2.45) is 17.4 Å². The number of carboxylic acids is 1. The maximum Gasteiger partial charge on any atom is 0.326 e. The van der Waals surface area contributed by atoms with E-state index in [9.17, 15) is 24.3 Å². The molecule has 0 aromatic heterocycles. The van der Waals surface area contributed by atoms with Crippen LogP contribution in [0.1, 0.15) is 46.5 Å². The van der Waals surface area contributed by atoms with Gasteiger partial charge in [0.1, 0.15) is 18.1 Å². The van der Waals surface area contributed by atoms with E-state index in [1.54, 1.807) is 13.8 Å². The fourth-order valence-corrected chi connectivity index (χ4v) is 2.97. The lowest BCUT2D eigenvalue weighted by Gasteiger charge is -2.24. The van der Waals surface area contributed by atoms with Crippen molar-refractivity contribution < 1.29 is 24.3 Å². The van der Waals surface area contributed by atoms with Gasteiger partial charge in [-0.05, 0) is 57.1 Å². The Kier molecular flexibility index (Phi) is 14.1. The summed E-state index contributed by atoms with van der Waals surface area (Å²) in [6, 6.07) is -3.62. The molecule has 0 saturated heterocycles. The lowest BCUT2D eigenvalue weighted by atomic mass is 10.0. The summed E-state index contributed by atoms with van der Waals surface area (Å²) in [5, 5.41) is 16.9. The summed E-state index contributed by atoms with van der Waals surface area (Å²) in [7, 11) is 0. The lowest BCUT2D eigenvalue weighted by Crippen LogP contribution is -2.56. The number of aliphatic carboxylic acids is 1. The number of nitrogens with two attached hydrogens (primary N) is 2. The van der Waals surface area contributed by atoms with Gasteiger partial charge in [-0.1, -0.05) is 13.8 Å². The highest BCUT2D eigenvalue weighted by molar-refractivity contribution is 7.98. The van der Waals surface area contributed by atoms with Crippen LogP contribution in [0.15, 0.2) is 0 Å². The average Bonchev–Trinajstić information content (AvgIpc) is 2.68. The van der Waals surface area contributed by atoms with E-state index >= 15 is 0 Å². The first-order chi connectivity index (χ1) is 14.0. The minimum absolute atomic E-state index is 0.0915. The van der Waals surface area contributed by atoms with Gasteiger partial charge in [0.25, 0.3) is 0 Å². The lowest BCUT2D eigenvalue weighted by molar-refractivity contribution is -0.142. The van der Waals surface area contributed by atoms with Crippen LogP contribution in [0.25, 0.3) is 0 Å². The highest BCUT2D eigenvalue weighted by Gasteiger charge is 2.28. The van der Waals surface area contributed by atoms with E-state index in [0.29, 0.717) is 31.6 Å². The number of carbonyl (C=O) groups excluding carboxylic acids is 3. The smallest absolute Gasteiger partial charge is 0.326 e. The zero-order valence-electron chi connectivity index (χ0n) is 18.3. The molecular formula is C19H37N5O5S. The maximum absolute atomic E-state index is 12.6. The monoisotopic (exact) mass is 447 g/mol. The Balaban J connectivity index is 4.95. The largest absolute Gasteiger partial charge is 0.480 e. The summed E-state index contributed by atoms with van der Waals surface area (Å²) in [5.74, 6) is -2.19. The number of unbranched alkanes of at least 4 members (excludes halogenated alkanes) is 1. The predicted molar refractivity (Wildman–Crippen MR) is 118 cm³/mol. The number of hydrogen-bond acceptors (Lipinski definition) is 7. The van der Waals surface area contributed by atoms with Crippen molar-refractivity contribution in [3.8, 4) is 0 Å². The zero-order chi connectivity index (χ0) is 23.3. The summed E-state index contributed by atoms with van der Waals surface area (Å²) in [6.07, 6.45) is 3.71. The molecule has 10 nitrogen and oxygen atoms in total. The number of nitrogens with one attached hydrogen (secondary N) is 3. The topological polar surface area (TPSA) is 177 Å². The van der Waals surface area contributed by atoms with Crippen LogP contribution in [0.5, 0.6) is 0 Å². The molecule has 0 rings (SSSR count). The van der Waals surface area contributed by atoms with Crippen LogP contribution >= 0.6 is 11.8 Å². The third-order valence-electron chi connectivity index (χ3n) is 4.58. The molecule has 3 amide bonds. The number of hydrogen-bond donors (Lipinski definition) is 6. The number of carboxylic acid groups (broad SMARTS) is 1. The zero-order valence-corrected chi connectivity index (χ0v) is 19.1. The van der Waals surface area contributed by atoms with Crippen molar-refractivity contribution in [2.45, 2.75) is 70.6 Å². The van der Waals surface area contributed by atoms with Gasteiger partial charge in [0.05, 0.1) is 6.04 Å². The first-order valence-corrected chi connectivity index (χ1v) is 11.5. The Morgan fingerprint density at radius 2 is 1.50 bits per heavy atom. The second-order valence-electron chi connectivity index (χ2n) is 7.53. The van der Waals surface area contributed by atoms with Gasteiger partial charge in [-0.15, -0.1) is 0 Å². The summed E-state index contributed by atoms with van der Waals surface area (Å²) < 4.78 is 0. The minimum Gasteiger partial charge on any atom is -0.480 e. The van der Waals surface area contributed by atoms with Crippen LogP contribution in [-0.2, 0) is 19.2 Å². The molecule has 8 N–H and O–H groups in total. The Morgan fingerprint density at radius 1 is 0.900 bits per heavy atom. The molecule has 4 atom stereocenters. The van der Waals surface area contributed by atoms with Crippen LogP contribution in [0.4, 0.5) is 0 Å². The summed E-state index contributed by atoms with van der Waals surface area (Å²) in [6.45, 7) is 5.51. The van der Waals surface area contributed by atoms with Gasteiger partial charge in [0.2, 0.25) is 17.7 Å². The highest BCUT2D eigenvalue weighted by Crippen LogP contribution is 2.05. The van der Waals surface area contributed by atoms with Gasteiger partial charge in [0, 0.05) is 0 Å². The number of rotatable bonds is 15. The fourth-order valence-electron chi connectivity index (χ4n) is 2.50. The molecule has 0 fully saturated rings. The average molecular weight is 448 g/mol. The van der Waals surface area contributed by atoms with E-state index in [1.165, 1.54) is 18.7 Å². The number of carbonyl (C=O) groups is 4. The van der Waals surface area contributed by atoms with E-state index in [4.69, 9.17) is 11.5 Å². The molecule has 30 heavy (non-hydrogen) atoms. The summed E-state index contributed by atoms with van der Waals surface area (Å²) in [4.78, 5) is 48.6. The van der Waals surface area contributed by atoms with Gasteiger partial charge < -0.3 is 32.5 Å². The minimum atomic E-state index is -1.15. The maximum atomic E-state index is 12.6. The van der Waals surface area contributed by atoms with Crippen LogP contribution in [-0.4, -0.2) is 71.5 Å². The molecule has 0 aliphatic carbocycles. The molecule has 0 aliphatic heterocycles. The van der Waals surface area contributed by atoms with Crippen molar-refractivity contribution in [3.05, 3.63) is 0 Å². The molecule has 0 aliphatic rings. The Hall–Kier alpha value is -1.85. The first-order valence-electron chi connectivity index (χ1n) is 10.1. The Morgan fingerprint density at radius 3 is 2.00 bits per heavy atom. The molecule has 0 aromatic carbocycles. The van der Waals surface area contributed by atoms with Crippen LogP contribution < -0.4 is 27.4 Å². The van der Waals surface area contributed by atoms with E-state index in [1.807, 2.05) is 6.26 Å². The SMILES string of the molecule is CSCCC(NC(=O)C(N)C(C)C)C(=O)NC(C)C(=O)NC(CCCCN)C(=O)O. The molecule has 0 saturated carbocycles. The van der Waals surface area contributed by atoms with Crippen LogP contribution in [0.2, 0.25) is 0 Å². The third kappa shape index (κ3) is 10.8. The van der Waals surface area contributed by atoms with Gasteiger partial charge in [-0.25, -0.2) is 4.79 Å². The van der Waals surface area contributed by atoms with Gasteiger partial charge in [-0.3, -0.25) is 14.4 Å². The Labute approximate surface area is 182 Å². The Bertz CT molecular complexity index is 576. The van der Waals surface area contributed by atoms with E-state index < -0.39 is 47.9 Å². The first kappa shape index (κ1) is 28.1. The summed E-state index contributed by atoms with van der Waals surface area (Å²) in [5.41, 5.74) is 11.2. The molecule has 0 bridgehead atoms. The summed E-state index contributed by atoms with van der Waals surface area (Å²) >= 11 is 1.52. The van der Waals surface area contributed by atoms with E-state index in [0.717, 1.165) is 0 Å². The van der Waals surface area contributed by atoms with Crippen molar-refractivity contribution in [1.82, 2.24) is 16.0 Å². The molecule has 0 heterocycles. The van der Waals surface area contributed by atoms with Gasteiger partial charge in [0.15, 0.2) is 0 Å². The molecule has 4 unspecified atom stereocenters. The standard InChI is InChI=1S/C19H37N5O5S/c1-11(2)15(21)18(27)23-13(8-10-30-4)17(26)22-12(3)16(25)24-14(19(28)29)7-5-6-9-20/h11-15H,5-10,20-21H2,1-4H3,(H,22,26)(H,23,27)(H,24,25)(H,28,29). The van der Waals surface area contributed by atoms with Crippen molar-refractivity contribution in [3.63, 3.8) is 0 Å². The molecular weight excluding hydrogens is 410 g/mol. The normalized spacial score (nSPS) is 15.0. The molecule has 174 valence electrons. The second kappa shape index (κ2) is 15.0. The van der Waals surface area contributed by atoms with Crippen LogP contribution in [0, 0.1) is 5.92 Å². The third-order valence-corrected chi connectivity index (χ3v) is 5.22. The van der Waals surface area contributed by atoms with Crippen molar-refractivity contribution in [2.75, 3.05) is 18.6 Å². The predicted octanol–water partition coefficient (Wildman–Crippen LogP) is -0.589. The highest BCUT2D eigenvalue weighted by atomic mass is 32.2. The molecule has 0 aromatic rings. The molecule has 0 radical (unpaired) electrons. The fraction of sp³-hybridized carbons (Fsp3) is 0.789. The quantitative estimate of drug-likeness (QED) is 0.180. The molecule has 11 heteroatoms. The number of thioether (sulfide) groups is 1. The van der Waals surface area contributed by atoms with E-state index in [2.05, 4.69) is 16.0 Å². The van der Waals surface area contributed by atoms with Crippen LogP contribution in [0.3, 0.4) is 0 Å². The molecule has 0 spiro atoms.